The number of aryl methyl sites for hydroxylation is 2. The lowest BCUT2D eigenvalue weighted by atomic mass is 9.98. The van der Waals surface area contributed by atoms with Gasteiger partial charge in [-0.3, -0.25) is 0 Å². The highest BCUT2D eigenvalue weighted by Gasteiger charge is 2.12. The van der Waals surface area contributed by atoms with Crippen LogP contribution in [0.25, 0.3) is 0 Å². The molecule has 0 aliphatic rings. The van der Waals surface area contributed by atoms with Crippen LogP contribution in [0.5, 0.6) is 5.75 Å². The van der Waals surface area contributed by atoms with Gasteiger partial charge >= 0.3 is 0 Å². The smallest absolute Gasteiger partial charge is 0.119 e. The van der Waals surface area contributed by atoms with Crippen molar-refractivity contribution in [2.24, 2.45) is 0 Å². The third kappa shape index (κ3) is 3.36. The molecule has 0 radical (unpaired) electrons. The van der Waals surface area contributed by atoms with Crippen molar-refractivity contribution in [3.8, 4) is 5.75 Å². The van der Waals surface area contributed by atoms with Gasteiger partial charge < -0.3 is 9.84 Å². The summed E-state index contributed by atoms with van der Waals surface area (Å²) in [4.78, 5) is 0. The highest BCUT2D eigenvalue weighted by molar-refractivity contribution is 5.38. The predicted molar refractivity (Wildman–Crippen MR) is 77.6 cm³/mol. The highest BCUT2D eigenvalue weighted by Crippen LogP contribution is 2.26. The predicted octanol–water partition coefficient (Wildman–Crippen LogP) is 3.78. The van der Waals surface area contributed by atoms with Crippen LogP contribution in [0.15, 0.2) is 42.5 Å². The summed E-state index contributed by atoms with van der Waals surface area (Å²) in [5, 5.41) is 10.5. The number of aliphatic hydroxyl groups excluding tert-OH is 1. The average molecular weight is 256 g/mol. The van der Waals surface area contributed by atoms with Crippen molar-refractivity contribution in [2.75, 3.05) is 6.61 Å². The molecule has 0 saturated carbocycles. The van der Waals surface area contributed by atoms with Crippen LogP contribution in [0.2, 0.25) is 0 Å². The SMILES string of the molecule is CCOc1cccc(C(O)c2cc(C)cc(C)c2)c1. The van der Waals surface area contributed by atoms with Crippen molar-refractivity contribution in [2.45, 2.75) is 26.9 Å². The fourth-order valence-electron chi connectivity index (χ4n) is 2.30. The van der Waals surface area contributed by atoms with Crippen LogP contribution >= 0.6 is 0 Å². The van der Waals surface area contributed by atoms with E-state index < -0.39 is 6.10 Å². The van der Waals surface area contributed by atoms with Crippen LogP contribution in [0, 0.1) is 13.8 Å². The molecule has 1 N–H and O–H groups in total. The Bertz CT molecular complexity index is 541. The van der Waals surface area contributed by atoms with Gasteiger partial charge in [0.2, 0.25) is 0 Å². The third-order valence-electron chi connectivity index (χ3n) is 3.04. The van der Waals surface area contributed by atoms with Gasteiger partial charge in [-0.15, -0.1) is 0 Å². The van der Waals surface area contributed by atoms with Gasteiger partial charge in [0.15, 0.2) is 0 Å². The summed E-state index contributed by atoms with van der Waals surface area (Å²) in [6.07, 6.45) is -0.612. The summed E-state index contributed by atoms with van der Waals surface area (Å²) in [5.41, 5.74) is 4.10. The fourth-order valence-corrected chi connectivity index (χ4v) is 2.30. The number of rotatable bonds is 4. The molecule has 0 aliphatic carbocycles. The van der Waals surface area contributed by atoms with Crippen molar-refractivity contribution in [1.82, 2.24) is 0 Å². The summed E-state index contributed by atoms with van der Waals surface area (Å²) in [5.74, 6) is 0.795. The van der Waals surface area contributed by atoms with E-state index in [1.807, 2.05) is 57.2 Å². The van der Waals surface area contributed by atoms with Gasteiger partial charge in [0, 0.05) is 0 Å². The molecule has 0 bridgehead atoms. The first kappa shape index (κ1) is 13.6. The highest BCUT2D eigenvalue weighted by atomic mass is 16.5. The van der Waals surface area contributed by atoms with Crippen LogP contribution in [-0.4, -0.2) is 11.7 Å². The molecule has 0 aliphatic heterocycles. The lowest BCUT2D eigenvalue weighted by molar-refractivity contribution is 0.219. The van der Waals surface area contributed by atoms with E-state index in [0.717, 1.165) is 28.0 Å². The van der Waals surface area contributed by atoms with E-state index >= 15 is 0 Å². The first-order chi connectivity index (χ1) is 9.10. The molecule has 0 heterocycles. The molecule has 2 aromatic carbocycles. The Balaban J connectivity index is 2.32. The minimum atomic E-state index is -0.612. The van der Waals surface area contributed by atoms with Gasteiger partial charge in [-0.1, -0.05) is 41.5 Å². The first-order valence-electron chi connectivity index (χ1n) is 6.59. The topological polar surface area (TPSA) is 29.5 Å². The molecule has 2 nitrogen and oxygen atoms in total. The van der Waals surface area contributed by atoms with E-state index in [1.165, 1.54) is 0 Å². The summed E-state index contributed by atoms with van der Waals surface area (Å²) in [7, 11) is 0. The van der Waals surface area contributed by atoms with Gasteiger partial charge in [0.25, 0.3) is 0 Å². The molecule has 0 fully saturated rings. The largest absolute Gasteiger partial charge is 0.494 e. The van der Waals surface area contributed by atoms with Crippen LogP contribution in [0.3, 0.4) is 0 Å². The van der Waals surface area contributed by atoms with Crippen LogP contribution in [0.4, 0.5) is 0 Å². The summed E-state index contributed by atoms with van der Waals surface area (Å²) in [6, 6.07) is 13.8. The Kier molecular flexibility index (Phi) is 4.23. The van der Waals surface area contributed by atoms with Crippen LogP contribution in [0.1, 0.15) is 35.3 Å². The molecule has 0 spiro atoms. The van der Waals surface area contributed by atoms with Gasteiger partial charge in [-0.25, -0.2) is 0 Å². The normalized spacial score (nSPS) is 12.2. The Morgan fingerprint density at radius 1 is 1.00 bits per heavy atom. The zero-order valence-electron chi connectivity index (χ0n) is 11.7. The molecular formula is C17H20O2. The lowest BCUT2D eigenvalue weighted by Gasteiger charge is -2.14. The summed E-state index contributed by atoms with van der Waals surface area (Å²) >= 11 is 0. The molecule has 100 valence electrons. The molecule has 0 saturated heterocycles. The molecule has 2 rings (SSSR count). The number of ether oxygens (including phenoxy) is 1. The second-order valence-corrected chi connectivity index (χ2v) is 4.83. The third-order valence-corrected chi connectivity index (χ3v) is 3.04. The van der Waals surface area contributed by atoms with Gasteiger partial charge in [0.05, 0.1) is 6.61 Å². The molecule has 19 heavy (non-hydrogen) atoms. The second-order valence-electron chi connectivity index (χ2n) is 4.83. The molecule has 0 aromatic heterocycles. The quantitative estimate of drug-likeness (QED) is 0.902. The first-order valence-corrected chi connectivity index (χ1v) is 6.59. The zero-order valence-corrected chi connectivity index (χ0v) is 11.7. The van der Waals surface area contributed by atoms with Crippen molar-refractivity contribution in [1.29, 1.82) is 0 Å². The van der Waals surface area contributed by atoms with Crippen LogP contribution in [-0.2, 0) is 0 Å². The molecule has 2 aromatic rings. The number of aliphatic hydroxyl groups is 1. The maximum atomic E-state index is 10.5. The van der Waals surface area contributed by atoms with E-state index in [4.69, 9.17) is 4.74 Å². The van der Waals surface area contributed by atoms with Crippen molar-refractivity contribution >= 4 is 0 Å². The minimum absolute atomic E-state index is 0.612. The Morgan fingerprint density at radius 2 is 1.68 bits per heavy atom. The summed E-state index contributed by atoms with van der Waals surface area (Å²) in [6.45, 7) is 6.66. The van der Waals surface area contributed by atoms with E-state index in [2.05, 4.69) is 6.07 Å². The molecule has 0 amide bonds. The van der Waals surface area contributed by atoms with E-state index in [-0.39, 0.29) is 0 Å². The van der Waals surface area contributed by atoms with E-state index in [9.17, 15) is 5.11 Å². The van der Waals surface area contributed by atoms with Gasteiger partial charge in [-0.2, -0.15) is 0 Å². The minimum Gasteiger partial charge on any atom is -0.494 e. The van der Waals surface area contributed by atoms with Crippen LogP contribution < -0.4 is 4.74 Å². The van der Waals surface area contributed by atoms with Crippen molar-refractivity contribution < 1.29 is 9.84 Å². The Labute approximate surface area is 114 Å². The number of hydrogen-bond donors (Lipinski definition) is 1. The Morgan fingerprint density at radius 3 is 2.32 bits per heavy atom. The van der Waals surface area contributed by atoms with Gasteiger partial charge in [-0.05, 0) is 44.0 Å². The lowest BCUT2D eigenvalue weighted by Crippen LogP contribution is -2.01. The molecule has 1 atom stereocenters. The maximum absolute atomic E-state index is 10.5. The monoisotopic (exact) mass is 256 g/mol. The molecular weight excluding hydrogens is 236 g/mol. The Hall–Kier alpha value is -1.80. The van der Waals surface area contributed by atoms with E-state index in [1.54, 1.807) is 0 Å². The zero-order chi connectivity index (χ0) is 13.8. The number of benzene rings is 2. The van der Waals surface area contributed by atoms with Crippen molar-refractivity contribution in [3.05, 3.63) is 64.7 Å². The average Bonchev–Trinajstić information content (AvgIpc) is 2.37. The standard InChI is InChI=1S/C17H20O2/c1-4-19-16-7-5-6-14(11-16)17(18)15-9-12(2)8-13(3)10-15/h5-11,17-18H,4H2,1-3H3. The summed E-state index contributed by atoms with van der Waals surface area (Å²) < 4.78 is 5.47. The van der Waals surface area contributed by atoms with Crippen molar-refractivity contribution in [3.63, 3.8) is 0 Å². The fraction of sp³-hybridized carbons (Fsp3) is 0.294. The van der Waals surface area contributed by atoms with Gasteiger partial charge in [0.1, 0.15) is 11.9 Å². The number of hydrogen-bond acceptors (Lipinski definition) is 2. The molecule has 1 unspecified atom stereocenters. The second kappa shape index (κ2) is 5.89. The molecule has 2 heteroatoms. The van der Waals surface area contributed by atoms with E-state index in [0.29, 0.717) is 6.61 Å². The maximum Gasteiger partial charge on any atom is 0.119 e.